The predicted octanol–water partition coefficient (Wildman–Crippen LogP) is 7.78. The highest BCUT2D eigenvalue weighted by Crippen LogP contribution is 2.72. The second-order valence-electron chi connectivity index (χ2n) is 12.8. The maximum absolute atomic E-state index is 10.3. The third-order valence-electron chi connectivity index (χ3n) is 11.1. The Bertz CT molecular complexity index is 634. The molecular weight excluding hydrogens is 352 g/mol. The summed E-state index contributed by atoms with van der Waals surface area (Å²) in [7, 11) is 0. The molecule has 0 amide bonds. The van der Waals surface area contributed by atoms with Gasteiger partial charge in [0, 0.05) is 0 Å². The first kappa shape index (κ1) is 21.9. The maximum Gasteiger partial charge on any atom is 0.0543 e. The lowest BCUT2D eigenvalue weighted by atomic mass is 9.43. The molecule has 0 aromatic rings. The van der Waals surface area contributed by atoms with Crippen LogP contribution in [0.15, 0.2) is 11.6 Å². The molecule has 8 unspecified atom stereocenters. The number of rotatable bonds is 5. The van der Waals surface area contributed by atoms with Crippen LogP contribution in [0, 0.1) is 45.8 Å². The fourth-order valence-electron chi connectivity index (χ4n) is 8.88. The molecule has 3 fully saturated rings. The molecule has 0 spiro atoms. The van der Waals surface area contributed by atoms with Gasteiger partial charge in [-0.2, -0.15) is 0 Å². The molecule has 1 N–H and O–H groups in total. The van der Waals surface area contributed by atoms with Gasteiger partial charge in [0.2, 0.25) is 0 Å². The van der Waals surface area contributed by atoms with Crippen LogP contribution in [-0.2, 0) is 0 Å². The van der Waals surface area contributed by atoms with E-state index in [0.717, 1.165) is 36.5 Å². The van der Waals surface area contributed by atoms with Gasteiger partial charge < -0.3 is 5.11 Å². The summed E-state index contributed by atoms with van der Waals surface area (Å²) in [5.74, 6) is 4.11. The van der Waals surface area contributed by atoms with Crippen molar-refractivity contribution in [1.82, 2.24) is 0 Å². The fraction of sp³-hybridized carbons (Fsp3) is 0.929. The molecule has 0 aromatic carbocycles. The van der Waals surface area contributed by atoms with E-state index in [1.807, 2.05) is 5.57 Å². The summed E-state index contributed by atoms with van der Waals surface area (Å²) in [6, 6.07) is 0. The van der Waals surface area contributed by atoms with Crippen molar-refractivity contribution < 1.29 is 5.11 Å². The van der Waals surface area contributed by atoms with Crippen molar-refractivity contribution in [3.8, 4) is 0 Å². The van der Waals surface area contributed by atoms with Gasteiger partial charge in [0.15, 0.2) is 0 Å². The minimum atomic E-state index is -0.0463. The molecule has 1 nitrogen and oxygen atoms in total. The van der Waals surface area contributed by atoms with Crippen molar-refractivity contribution in [3.05, 3.63) is 11.6 Å². The minimum Gasteiger partial charge on any atom is -0.393 e. The van der Waals surface area contributed by atoms with Crippen LogP contribution in [0.25, 0.3) is 0 Å². The molecule has 0 heterocycles. The van der Waals surface area contributed by atoms with Crippen molar-refractivity contribution in [3.63, 3.8) is 0 Å². The maximum atomic E-state index is 10.3. The highest BCUT2D eigenvalue weighted by Gasteiger charge is 2.63. The molecule has 0 radical (unpaired) electrons. The highest BCUT2D eigenvalue weighted by atomic mass is 16.3. The lowest BCUT2D eigenvalue weighted by Crippen LogP contribution is -2.53. The largest absolute Gasteiger partial charge is 0.393 e. The molecule has 0 saturated heterocycles. The van der Waals surface area contributed by atoms with Gasteiger partial charge in [-0.15, -0.1) is 0 Å². The molecular formula is C28H48O. The standard InChI is InChI=1S/C28H48O/c1-19(2)8-7-9-20(3)23-13-16-28(6)25-11-10-21-18-22(29)12-15-26(21,4)24(25)14-17-27(23,28)5/h11,19-24,29H,7-10,12-18H2,1-6H3. The Balaban J connectivity index is 1.56. The third-order valence-corrected chi connectivity index (χ3v) is 11.1. The Morgan fingerprint density at radius 2 is 1.76 bits per heavy atom. The summed E-state index contributed by atoms with van der Waals surface area (Å²) < 4.78 is 0. The van der Waals surface area contributed by atoms with E-state index in [4.69, 9.17) is 0 Å². The van der Waals surface area contributed by atoms with Gasteiger partial charge in [0.1, 0.15) is 0 Å². The van der Waals surface area contributed by atoms with Gasteiger partial charge in [-0.1, -0.05) is 72.5 Å². The number of allylic oxidation sites excluding steroid dienone is 2. The smallest absolute Gasteiger partial charge is 0.0543 e. The molecule has 1 heteroatoms. The first-order valence-electron chi connectivity index (χ1n) is 13.0. The van der Waals surface area contributed by atoms with Crippen molar-refractivity contribution in [2.75, 3.05) is 0 Å². The topological polar surface area (TPSA) is 20.2 Å². The van der Waals surface area contributed by atoms with E-state index >= 15 is 0 Å². The van der Waals surface area contributed by atoms with E-state index in [1.54, 1.807) is 0 Å². The van der Waals surface area contributed by atoms with Crippen LogP contribution in [0.1, 0.15) is 112 Å². The van der Waals surface area contributed by atoms with Crippen molar-refractivity contribution in [1.29, 1.82) is 0 Å². The normalized spacial score (nSPS) is 47.9. The predicted molar refractivity (Wildman–Crippen MR) is 124 cm³/mol. The van der Waals surface area contributed by atoms with Crippen LogP contribution in [-0.4, -0.2) is 11.2 Å². The summed E-state index contributed by atoms with van der Waals surface area (Å²) in [6.45, 7) is 15.2. The van der Waals surface area contributed by atoms with Crippen LogP contribution in [0.4, 0.5) is 0 Å². The Hall–Kier alpha value is -0.300. The summed E-state index contributed by atoms with van der Waals surface area (Å²) >= 11 is 0. The van der Waals surface area contributed by atoms with Crippen LogP contribution < -0.4 is 0 Å². The molecule has 166 valence electrons. The number of fused-ring (bicyclic) bond motifs is 5. The van der Waals surface area contributed by atoms with Crippen LogP contribution in [0.3, 0.4) is 0 Å². The van der Waals surface area contributed by atoms with Gasteiger partial charge in [-0.3, -0.25) is 0 Å². The molecule has 0 aromatic heterocycles. The zero-order valence-corrected chi connectivity index (χ0v) is 20.3. The first-order valence-corrected chi connectivity index (χ1v) is 13.0. The number of aliphatic hydroxyl groups excluding tert-OH is 1. The minimum absolute atomic E-state index is 0.0463. The first-order chi connectivity index (χ1) is 13.6. The third kappa shape index (κ3) is 3.37. The summed E-state index contributed by atoms with van der Waals surface area (Å²) in [6.07, 6.45) is 17.1. The molecule has 4 aliphatic rings. The van der Waals surface area contributed by atoms with Gasteiger partial charge >= 0.3 is 0 Å². The quantitative estimate of drug-likeness (QED) is 0.467. The average molecular weight is 401 g/mol. The average Bonchev–Trinajstić information content (AvgIpc) is 2.93. The lowest BCUT2D eigenvalue weighted by Gasteiger charge is -2.61. The fourth-order valence-corrected chi connectivity index (χ4v) is 8.88. The Morgan fingerprint density at radius 3 is 2.48 bits per heavy atom. The molecule has 29 heavy (non-hydrogen) atoms. The zero-order chi connectivity index (χ0) is 21.0. The van der Waals surface area contributed by atoms with Crippen molar-refractivity contribution in [2.45, 2.75) is 118 Å². The molecule has 4 aliphatic carbocycles. The van der Waals surface area contributed by atoms with Gasteiger partial charge in [-0.05, 0) is 97.2 Å². The van der Waals surface area contributed by atoms with E-state index < -0.39 is 0 Å². The molecule has 8 atom stereocenters. The Kier molecular flexibility index (Phi) is 5.81. The molecule has 3 saturated carbocycles. The second kappa shape index (κ2) is 7.68. The molecule has 4 rings (SSSR count). The zero-order valence-electron chi connectivity index (χ0n) is 20.3. The van der Waals surface area contributed by atoms with E-state index in [9.17, 15) is 5.11 Å². The SMILES string of the molecule is CC(C)CCCC(C)C1CCC2(C)C3=CCC4CC(O)CCC4(C)C3CCC12C. The van der Waals surface area contributed by atoms with E-state index in [1.165, 1.54) is 57.8 Å². The van der Waals surface area contributed by atoms with E-state index in [2.05, 4.69) is 47.6 Å². The van der Waals surface area contributed by atoms with Crippen molar-refractivity contribution in [2.24, 2.45) is 45.8 Å². The van der Waals surface area contributed by atoms with Gasteiger partial charge in [0.05, 0.1) is 6.10 Å². The van der Waals surface area contributed by atoms with E-state index in [0.29, 0.717) is 22.2 Å². The summed E-state index contributed by atoms with van der Waals surface area (Å²) in [5.41, 5.74) is 3.20. The summed E-state index contributed by atoms with van der Waals surface area (Å²) in [4.78, 5) is 0. The van der Waals surface area contributed by atoms with Gasteiger partial charge in [0.25, 0.3) is 0 Å². The molecule has 0 bridgehead atoms. The number of aliphatic hydroxyl groups is 1. The van der Waals surface area contributed by atoms with Crippen molar-refractivity contribution >= 4 is 0 Å². The second-order valence-corrected chi connectivity index (χ2v) is 12.8. The van der Waals surface area contributed by atoms with Crippen LogP contribution in [0.5, 0.6) is 0 Å². The lowest BCUT2D eigenvalue weighted by molar-refractivity contribution is -0.0628. The Morgan fingerprint density at radius 1 is 1.00 bits per heavy atom. The summed E-state index contributed by atoms with van der Waals surface area (Å²) in [5, 5.41) is 10.3. The molecule has 0 aliphatic heterocycles. The number of hydrogen-bond donors (Lipinski definition) is 1. The van der Waals surface area contributed by atoms with Crippen LogP contribution >= 0.6 is 0 Å². The monoisotopic (exact) mass is 400 g/mol. The van der Waals surface area contributed by atoms with Gasteiger partial charge in [-0.25, -0.2) is 0 Å². The Labute approximate surface area is 181 Å². The highest BCUT2D eigenvalue weighted by molar-refractivity contribution is 5.32. The number of hydrogen-bond acceptors (Lipinski definition) is 1. The van der Waals surface area contributed by atoms with Crippen LogP contribution in [0.2, 0.25) is 0 Å². The van der Waals surface area contributed by atoms with E-state index in [-0.39, 0.29) is 6.10 Å².